The van der Waals surface area contributed by atoms with Gasteiger partial charge in [-0.05, 0) is 24.3 Å². The predicted molar refractivity (Wildman–Crippen MR) is 86.4 cm³/mol. The summed E-state index contributed by atoms with van der Waals surface area (Å²) in [5.74, 6) is 1.59. The van der Waals surface area contributed by atoms with Crippen molar-refractivity contribution in [3.63, 3.8) is 0 Å². The van der Waals surface area contributed by atoms with Crippen molar-refractivity contribution in [1.29, 1.82) is 0 Å². The number of alkyl halides is 1. The molecule has 0 aliphatic heterocycles. The van der Waals surface area contributed by atoms with Crippen molar-refractivity contribution in [3.05, 3.63) is 57.6 Å². The van der Waals surface area contributed by atoms with Gasteiger partial charge in [0.05, 0.1) is 17.2 Å². The van der Waals surface area contributed by atoms with Gasteiger partial charge in [0.15, 0.2) is 0 Å². The fraction of sp³-hybridized carbons (Fsp3) is 0.200. The Morgan fingerprint density at radius 1 is 1.10 bits per heavy atom. The molecule has 20 heavy (non-hydrogen) atoms. The molecule has 0 aliphatic carbocycles. The van der Waals surface area contributed by atoms with Crippen LogP contribution in [0.15, 0.2) is 36.4 Å². The van der Waals surface area contributed by atoms with Crippen molar-refractivity contribution in [2.24, 2.45) is 0 Å². The van der Waals surface area contributed by atoms with Crippen LogP contribution in [0, 0.1) is 0 Å². The molecule has 0 saturated heterocycles. The Balaban J connectivity index is 2.16. The van der Waals surface area contributed by atoms with Crippen LogP contribution in [0.1, 0.15) is 11.1 Å². The van der Waals surface area contributed by atoms with E-state index >= 15 is 0 Å². The van der Waals surface area contributed by atoms with Gasteiger partial charge in [0.1, 0.15) is 18.1 Å². The van der Waals surface area contributed by atoms with Crippen LogP contribution in [0.3, 0.4) is 0 Å². The molecule has 2 aromatic rings. The summed E-state index contributed by atoms with van der Waals surface area (Å²) < 4.78 is 11.0. The molecule has 0 spiro atoms. The van der Waals surface area contributed by atoms with Crippen molar-refractivity contribution >= 4 is 39.1 Å². The lowest BCUT2D eigenvalue weighted by atomic mass is 10.2. The molecular formula is C15H13BrCl2O2. The minimum Gasteiger partial charge on any atom is -0.497 e. The first kappa shape index (κ1) is 15.5. The van der Waals surface area contributed by atoms with Gasteiger partial charge in [-0.15, -0.1) is 0 Å². The number of rotatable bonds is 5. The Bertz CT molecular complexity index is 602. The van der Waals surface area contributed by atoms with E-state index in [-0.39, 0.29) is 0 Å². The molecule has 0 heterocycles. The van der Waals surface area contributed by atoms with Gasteiger partial charge in [-0.2, -0.15) is 0 Å². The highest BCUT2D eigenvalue weighted by molar-refractivity contribution is 9.08. The molecule has 0 aromatic heterocycles. The van der Waals surface area contributed by atoms with Crippen molar-refractivity contribution in [2.75, 3.05) is 7.11 Å². The van der Waals surface area contributed by atoms with E-state index in [1.54, 1.807) is 13.2 Å². The van der Waals surface area contributed by atoms with E-state index in [0.29, 0.717) is 22.0 Å². The summed E-state index contributed by atoms with van der Waals surface area (Å²) in [7, 11) is 1.64. The number of hydrogen-bond donors (Lipinski definition) is 0. The second-order valence-corrected chi connectivity index (χ2v) is 5.45. The van der Waals surface area contributed by atoms with E-state index in [2.05, 4.69) is 15.9 Å². The first-order valence-electron chi connectivity index (χ1n) is 5.94. The Morgan fingerprint density at radius 3 is 2.60 bits per heavy atom. The highest BCUT2D eigenvalue weighted by atomic mass is 79.9. The van der Waals surface area contributed by atoms with Crippen LogP contribution >= 0.6 is 39.1 Å². The molecule has 106 valence electrons. The van der Waals surface area contributed by atoms with Crippen LogP contribution in [-0.2, 0) is 11.9 Å². The SMILES string of the molecule is COc1ccc(OCc2cccc(Cl)c2Cl)c(CBr)c1. The molecule has 2 aromatic carbocycles. The van der Waals surface area contributed by atoms with Gasteiger partial charge in [-0.3, -0.25) is 0 Å². The zero-order valence-corrected chi connectivity index (χ0v) is 13.9. The maximum atomic E-state index is 6.14. The van der Waals surface area contributed by atoms with Crippen LogP contribution in [-0.4, -0.2) is 7.11 Å². The number of hydrogen-bond acceptors (Lipinski definition) is 2. The van der Waals surface area contributed by atoms with Gasteiger partial charge in [0, 0.05) is 16.5 Å². The highest BCUT2D eigenvalue weighted by Crippen LogP contribution is 2.29. The lowest BCUT2D eigenvalue weighted by Crippen LogP contribution is -1.99. The van der Waals surface area contributed by atoms with Crippen molar-refractivity contribution < 1.29 is 9.47 Å². The maximum absolute atomic E-state index is 6.14. The van der Waals surface area contributed by atoms with Crippen LogP contribution in [0.5, 0.6) is 11.5 Å². The third-order valence-electron chi connectivity index (χ3n) is 2.83. The quantitative estimate of drug-likeness (QED) is 0.644. The third-order valence-corrected chi connectivity index (χ3v) is 4.29. The van der Waals surface area contributed by atoms with Gasteiger partial charge in [0.25, 0.3) is 0 Å². The lowest BCUT2D eigenvalue weighted by Gasteiger charge is -2.12. The first-order valence-corrected chi connectivity index (χ1v) is 7.82. The van der Waals surface area contributed by atoms with Crippen molar-refractivity contribution in [2.45, 2.75) is 11.9 Å². The van der Waals surface area contributed by atoms with E-state index < -0.39 is 0 Å². The van der Waals surface area contributed by atoms with Crippen LogP contribution in [0.2, 0.25) is 10.0 Å². The van der Waals surface area contributed by atoms with Gasteiger partial charge >= 0.3 is 0 Å². The van der Waals surface area contributed by atoms with Crippen LogP contribution in [0.4, 0.5) is 0 Å². The molecule has 2 nitrogen and oxygen atoms in total. The average Bonchev–Trinajstić information content (AvgIpc) is 2.48. The monoisotopic (exact) mass is 374 g/mol. The zero-order chi connectivity index (χ0) is 14.5. The average molecular weight is 376 g/mol. The van der Waals surface area contributed by atoms with Gasteiger partial charge in [-0.25, -0.2) is 0 Å². The fourth-order valence-electron chi connectivity index (χ4n) is 1.74. The molecule has 0 aliphatic rings. The summed E-state index contributed by atoms with van der Waals surface area (Å²) in [5, 5.41) is 1.74. The van der Waals surface area contributed by atoms with Crippen LogP contribution in [0.25, 0.3) is 0 Å². The summed E-state index contributed by atoms with van der Waals surface area (Å²) in [4.78, 5) is 0. The third kappa shape index (κ3) is 3.60. The Labute approximate surface area is 136 Å². The van der Waals surface area contributed by atoms with E-state index in [1.165, 1.54) is 0 Å². The molecule has 5 heteroatoms. The minimum absolute atomic E-state index is 0.367. The standard InChI is InChI=1S/C15H13BrCl2O2/c1-19-12-5-6-14(11(7-12)8-16)20-9-10-3-2-4-13(17)15(10)18/h2-7H,8-9H2,1H3. The molecule has 2 rings (SSSR count). The van der Waals surface area contributed by atoms with Crippen LogP contribution < -0.4 is 9.47 Å². The topological polar surface area (TPSA) is 18.5 Å². The van der Waals surface area contributed by atoms with E-state index in [4.69, 9.17) is 32.7 Å². The second kappa shape index (κ2) is 7.21. The molecular weight excluding hydrogens is 363 g/mol. The molecule has 0 unspecified atom stereocenters. The molecule has 0 radical (unpaired) electrons. The Hall–Kier alpha value is -0.900. The van der Waals surface area contributed by atoms with Crippen molar-refractivity contribution in [1.82, 2.24) is 0 Å². The first-order chi connectivity index (χ1) is 9.65. The number of halogens is 3. The highest BCUT2D eigenvalue weighted by Gasteiger charge is 2.08. The zero-order valence-electron chi connectivity index (χ0n) is 10.8. The van der Waals surface area contributed by atoms with E-state index in [1.807, 2.05) is 30.3 Å². The maximum Gasteiger partial charge on any atom is 0.124 e. The smallest absolute Gasteiger partial charge is 0.124 e. The second-order valence-electron chi connectivity index (χ2n) is 4.11. The molecule has 0 bridgehead atoms. The summed E-state index contributed by atoms with van der Waals surface area (Å²) in [6.07, 6.45) is 0. The van der Waals surface area contributed by atoms with Gasteiger partial charge < -0.3 is 9.47 Å². The summed E-state index contributed by atoms with van der Waals surface area (Å²) in [6.45, 7) is 0.367. The number of ether oxygens (including phenoxy) is 2. The summed E-state index contributed by atoms with van der Waals surface area (Å²) in [6, 6.07) is 11.2. The number of benzene rings is 2. The Morgan fingerprint density at radius 2 is 1.90 bits per heavy atom. The van der Waals surface area contributed by atoms with E-state index in [9.17, 15) is 0 Å². The normalized spacial score (nSPS) is 10.4. The van der Waals surface area contributed by atoms with Gasteiger partial charge in [-0.1, -0.05) is 51.3 Å². The molecule has 0 fully saturated rings. The van der Waals surface area contributed by atoms with Crippen molar-refractivity contribution in [3.8, 4) is 11.5 Å². The number of methoxy groups -OCH3 is 1. The molecule has 0 saturated carbocycles. The Kier molecular flexibility index (Phi) is 5.58. The largest absolute Gasteiger partial charge is 0.497 e. The molecule has 0 N–H and O–H groups in total. The minimum atomic E-state index is 0.367. The van der Waals surface area contributed by atoms with Gasteiger partial charge in [0.2, 0.25) is 0 Å². The fourth-order valence-corrected chi connectivity index (χ4v) is 2.56. The molecule has 0 amide bonds. The van der Waals surface area contributed by atoms with E-state index in [0.717, 1.165) is 22.6 Å². The molecule has 0 atom stereocenters. The predicted octanol–water partition coefficient (Wildman–Crippen LogP) is 5.48. The summed E-state index contributed by atoms with van der Waals surface area (Å²) >= 11 is 15.6. The lowest BCUT2D eigenvalue weighted by molar-refractivity contribution is 0.303. The summed E-state index contributed by atoms with van der Waals surface area (Å²) in [5.41, 5.74) is 1.87.